The molecule has 0 fully saturated rings. The third kappa shape index (κ3) is 1.19. The van der Waals surface area contributed by atoms with Crippen molar-refractivity contribution >= 4 is 11.4 Å². The zero-order valence-corrected chi connectivity index (χ0v) is 7.44. The molecule has 5 heteroatoms. The lowest BCUT2D eigenvalue weighted by molar-refractivity contribution is 1.16. The largest absolute Gasteiger partial charge is 0.349 e. The summed E-state index contributed by atoms with van der Waals surface area (Å²) in [5, 5.41) is 2.79. The number of anilines is 2. The molecule has 1 heterocycles. The van der Waals surface area contributed by atoms with E-state index in [1.165, 1.54) is 18.7 Å². The molecule has 0 radical (unpaired) electrons. The van der Waals surface area contributed by atoms with Crippen molar-refractivity contribution in [1.82, 2.24) is 9.97 Å². The van der Waals surface area contributed by atoms with Gasteiger partial charge in [-0.1, -0.05) is 0 Å². The average Bonchev–Trinajstić information content (AvgIpc) is 2.26. The van der Waals surface area contributed by atoms with Crippen molar-refractivity contribution in [2.45, 2.75) is 6.92 Å². The summed E-state index contributed by atoms with van der Waals surface area (Å²) in [6.45, 7) is 1.61. The van der Waals surface area contributed by atoms with Gasteiger partial charge in [0.15, 0.2) is 0 Å². The summed E-state index contributed by atoms with van der Waals surface area (Å²) in [5.41, 5.74) is 0.488. The molecule has 0 bridgehead atoms. The van der Waals surface area contributed by atoms with E-state index in [2.05, 4.69) is 15.3 Å². The molecule has 2 rings (SSSR count). The molecular weight excluding hydrogens is 182 g/mol. The van der Waals surface area contributed by atoms with E-state index >= 15 is 0 Å². The van der Waals surface area contributed by atoms with Gasteiger partial charge in [0.25, 0.3) is 0 Å². The zero-order valence-electron chi connectivity index (χ0n) is 7.44. The van der Waals surface area contributed by atoms with Gasteiger partial charge in [0.1, 0.15) is 6.33 Å². The summed E-state index contributed by atoms with van der Waals surface area (Å²) in [6.07, 6.45) is 4.45. The molecule has 14 heavy (non-hydrogen) atoms. The van der Waals surface area contributed by atoms with Gasteiger partial charge in [-0.25, -0.2) is 9.97 Å². The first-order chi connectivity index (χ1) is 6.70. The van der Waals surface area contributed by atoms with Crippen LogP contribution in [0.5, 0.6) is 0 Å². The average molecular weight is 189 g/mol. The maximum Gasteiger partial charge on any atom is 0.249 e. The first kappa shape index (κ1) is 8.55. The van der Waals surface area contributed by atoms with E-state index in [9.17, 15) is 9.59 Å². The van der Waals surface area contributed by atoms with Gasteiger partial charge in [0.2, 0.25) is 10.9 Å². The second-order valence-corrected chi connectivity index (χ2v) is 2.91. The Hall–Kier alpha value is -2.04. The summed E-state index contributed by atoms with van der Waals surface area (Å²) in [7, 11) is 0. The lowest BCUT2D eigenvalue weighted by Gasteiger charge is -2.08. The summed E-state index contributed by atoms with van der Waals surface area (Å²) < 4.78 is 0. The fourth-order valence-electron chi connectivity index (χ4n) is 1.16. The topological polar surface area (TPSA) is 72.0 Å². The second kappa shape index (κ2) is 3.02. The highest BCUT2D eigenvalue weighted by Gasteiger charge is 2.16. The molecule has 0 aliphatic carbocycles. The molecule has 0 atom stereocenters. The Morgan fingerprint density at radius 2 is 1.79 bits per heavy atom. The van der Waals surface area contributed by atoms with Crippen molar-refractivity contribution < 1.29 is 0 Å². The van der Waals surface area contributed by atoms with Crippen LogP contribution in [0.4, 0.5) is 11.4 Å². The highest BCUT2D eigenvalue weighted by molar-refractivity contribution is 5.64. The second-order valence-electron chi connectivity index (χ2n) is 2.91. The predicted molar refractivity (Wildman–Crippen MR) is 51.4 cm³/mol. The normalized spacial score (nSPS) is 10.4. The van der Waals surface area contributed by atoms with Gasteiger partial charge in [-0.15, -0.1) is 0 Å². The molecule has 0 amide bonds. The number of hydrogen-bond acceptors (Lipinski definition) is 5. The predicted octanol–water partition coefficient (Wildman–Crippen LogP) is 0.125. The van der Waals surface area contributed by atoms with Crippen LogP contribution in [0.3, 0.4) is 0 Å². The number of rotatable bonds is 2. The van der Waals surface area contributed by atoms with Crippen LogP contribution >= 0.6 is 0 Å². The SMILES string of the molecule is Cc1c(Nc2cncnc2)c(=O)c1=O. The Labute approximate surface area is 79.1 Å². The third-order valence-corrected chi connectivity index (χ3v) is 1.98. The van der Waals surface area contributed by atoms with Gasteiger partial charge in [-0.2, -0.15) is 0 Å². The fourth-order valence-corrected chi connectivity index (χ4v) is 1.16. The van der Waals surface area contributed by atoms with Gasteiger partial charge in [-0.05, 0) is 6.92 Å². The van der Waals surface area contributed by atoms with E-state index < -0.39 is 10.9 Å². The standard InChI is InChI=1S/C9H7N3O2/c1-5-7(9(14)8(5)13)12-6-2-10-4-11-3-6/h2-4,12H,1H3. The van der Waals surface area contributed by atoms with Gasteiger partial charge >= 0.3 is 0 Å². The van der Waals surface area contributed by atoms with Gasteiger partial charge in [-0.3, -0.25) is 9.59 Å². The van der Waals surface area contributed by atoms with Crippen LogP contribution in [0.25, 0.3) is 0 Å². The smallest absolute Gasteiger partial charge is 0.249 e. The molecule has 0 saturated heterocycles. The Balaban J connectivity index is 2.30. The van der Waals surface area contributed by atoms with Crippen LogP contribution in [0.15, 0.2) is 28.3 Å². The minimum atomic E-state index is -0.480. The summed E-state index contributed by atoms with van der Waals surface area (Å²) >= 11 is 0. The van der Waals surface area contributed by atoms with Crippen LogP contribution in [-0.2, 0) is 0 Å². The molecule has 0 aliphatic rings. The van der Waals surface area contributed by atoms with E-state index in [1.54, 1.807) is 6.92 Å². The molecule has 0 aliphatic heterocycles. The van der Waals surface area contributed by atoms with E-state index in [4.69, 9.17) is 0 Å². The van der Waals surface area contributed by atoms with Crippen LogP contribution < -0.4 is 16.2 Å². The third-order valence-electron chi connectivity index (χ3n) is 1.98. The van der Waals surface area contributed by atoms with Crippen molar-refractivity contribution in [3.05, 3.63) is 44.7 Å². The Bertz CT molecular complexity index is 526. The molecule has 5 nitrogen and oxygen atoms in total. The van der Waals surface area contributed by atoms with Crippen molar-refractivity contribution in [3.63, 3.8) is 0 Å². The summed E-state index contributed by atoms with van der Waals surface area (Å²) in [6, 6.07) is 0. The monoisotopic (exact) mass is 189 g/mol. The number of nitrogens with one attached hydrogen (secondary N) is 1. The number of hydrogen-bond donors (Lipinski definition) is 1. The molecular formula is C9H7N3O2. The van der Waals surface area contributed by atoms with Crippen LogP contribution in [0, 0.1) is 6.92 Å². The molecule has 2 aromatic rings. The van der Waals surface area contributed by atoms with E-state index in [0.717, 1.165) is 0 Å². The minimum Gasteiger partial charge on any atom is -0.349 e. The van der Waals surface area contributed by atoms with Gasteiger partial charge in [0, 0.05) is 5.56 Å². The molecule has 1 N–H and O–H groups in total. The Kier molecular flexibility index (Phi) is 1.85. The highest BCUT2D eigenvalue weighted by atomic mass is 16.2. The van der Waals surface area contributed by atoms with Crippen LogP contribution in [-0.4, -0.2) is 9.97 Å². The quantitative estimate of drug-likeness (QED) is 0.679. The first-order valence-corrected chi connectivity index (χ1v) is 4.02. The Morgan fingerprint density at radius 1 is 1.14 bits per heavy atom. The minimum absolute atomic E-state index is 0.338. The molecule has 1 aromatic heterocycles. The fraction of sp³-hybridized carbons (Fsp3) is 0.111. The Morgan fingerprint density at radius 3 is 2.36 bits per heavy atom. The molecule has 0 unspecified atom stereocenters. The van der Waals surface area contributed by atoms with Crippen LogP contribution in [0.2, 0.25) is 0 Å². The van der Waals surface area contributed by atoms with Crippen LogP contribution in [0.1, 0.15) is 5.56 Å². The van der Waals surface area contributed by atoms with E-state index in [1.807, 2.05) is 0 Å². The molecule has 1 aromatic carbocycles. The van der Waals surface area contributed by atoms with Crippen molar-refractivity contribution in [2.75, 3.05) is 5.32 Å². The van der Waals surface area contributed by atoms with Crippen molar-refractivity contribution in [2.24, 2.45) is 0 Å². The lowest BCUT2D eigenvalue weighted by Crippen LogP contribution is -2.36. The number of aromatic nitrogens is 2. The molecule has 70 valence electrons. The lowest BCUT2D eigenvalue weighted by atomic mass is 10.1. The van der Waals surface area contributed by atoms with E-state index in [0.29, 0.717) is 16.9 Å². The van der Waals surface area contributed by atoms with Gasteiger partial charge in [0.05, 0.1) is 23.8 Å². The summed E-state index contributed by atoms with van der Waals surface area (Å²) in [5.74, 6) is 0. The summed E-state index contributed by atoms with van der Waals surface area (Å²) in [4.78, 5) is 29.5. The van der Waals surface area contributed by atoms with Crippen molar-refractivity contribution in [1.29, 1.82) is 0 Å². The highest BCUT2D eigenvalue weighted by Crippen LogP contribution is 2.12. The maximum atomic E-state index is 11.1. The van der Waals surface area contributed by atoms with Gasteiger partial charge < -0.3 is 5.32 Å². The molecule has 0 saturated carbocycles. The van der Waals surface area contributed by atoms with E-state index in [-0.39, 0.29) is 0 Å². The maximum absolute atomic E-state index is 11.1. The number of nitrogens with zero attached hydrogens (tertiary/aromatic N) is 2. The first-order valence-electron chi connectivity index (χ1n) is 4.02. The molecule has 0 spiro atoms. The van der Waals surface area contributed by atoms with Crippen molar-refractivity contribution in [3.8, 4) is 0 Å². The zero-order chi connectivity index (χ0) is 10.1.